The molecule has 2 N–H and O–H groups in total. The molecule has 1 heterocycles. The van der Waals surface area contributed by atoms with E-state index < -0.39 is 6.23 Å². The first-order chi connectivity index (χ1) is 3.29. The van der Waals surface area contributed by atoms with Crippen LogP contribution in [0.2, 0.25) is 0 Å². The van der Waals surface area contributed by atoms with Crippen LogP contribution in [0.1, 0.15) is 6.92 Å². The molecule has 0 saturated carbocycles. The fourth-order valence-corrected chi connectivity index (χ4v) is 0.603. The van der Waals surface area contributed by atoms with E-state index in [-0.39, 0.29) is 6.23 Å². The van der Waals surface area contributed by atoms with Gasteiger partial charge in [0.05, 0.1) is 6.61 Å². The lowest BCUT2D eigenvalue weighted by molar-refractivity contribution is 0.0969. The number of hydrogen-bond donors (Lipinski definition) is 2. The van der Waals surface area contributed by atoms with Gasteiger partial charge in [-0.15, -0.1) is 0 Å². The van der Waals surface area contributed by atoms with Gasteiger partial charge in [-0.2, -0.15) is 0 Å². The number of nitrogens with one attached hydrogen (secondary N) is 1. The zero-order chi connectivity index (χ0) is 5.28. The Labute approximate surface area is 42.3 Å². The zero-order valence-corrected chi connectivity index (χ0v) is 4.22. The molecule has 0 aromatic heterocycles. The quantitative estimate of drug-likeness (QED) is 0.424. The summed E-state index contributed by atoms with van der Waals surface area (Å²) in [5, 5.41) is 11.4. The third kappa shape index (κ3) is 1.12. The van der Waals surface area contributed by atoms with Crippen molar-refractivity contribution in [2.45, 2.75) is 19.4 Å². The summed E-state index contributed by atoms with van der Waals surface area (Å²) in [5.74, 6) is 0. The summed E-state index contributed by atoms with van der Waals surface area (Å²) < 4.78 is 4.90. The number of aliphatic hydroxyl groups is 1. The lowest BCUT2D eigenvalue weighted by Crippen LogP contribution is -2.27. The van der Waals surface area contributed by atoms with Crippen LogP contribution in [0.5, 0.6) is 0 Å². The van der Waals surface area contributed by atoms with Gasteiger partial charge in [0.1, 0.15) is 12.5 Å². The first kappa shape index (κ1) is 5.03. The van der Waals surface area contributed by atoms with Crippen molar-refractivity contribution < 1.29 is 9.84 Å². The largest absolute Gasteiger partial charge is 0.376 e. The summed E-state index contributed by atoms with van der Waals surface area (Å²) in [6.45, 7) is 2.28. The predicted octanol–water partition coefficient (Wildman–Crippen LogP) is -0.729. The molecule has 3 nitrogen and oxygen atoms in total. The molecule has 3 heteroatoms. The van der Waals surface area contributed by atoms with E-state index in [1.54, 1.807) is 0 Å². The maximum atomic E-state index is 8.66. The van der Waals surface area contributed by atoms with Crippen LogP contribution in [0.4, 0.5) is 0 Å². The minimum Gasteiger partial charge on any atom is -0.376 e. The first-order valence-electron chi connectivity index (χ1n) is 2.35. The minimum atomic E-state index is -0.449. The number of hydrogen-bond acceptors (Lipinski definition) is 3. The van der Waals surface area contributed by atoms with Crippen LogP contribution < -0.4 is 5.32 Å². The molecule has 0 amide bonds. The monoisotopic (exact) mass is 103 g/mol. The third-order valence-corrected chi connectivity index (χ3v) is 0.931. The van der Waals surface area contributed by atoms with E-state index in [2.05, 4.69) is 5.32 Å². The van der Waals surface area contributed by atoms with Gasteiger partial charge in [-0.25, -0.2) is 0 Å². The molecule has 1 aliphatic rings. The van der Waals surface area contributed by atoms with Crippen LogP contribution in [-0.4, -0.2) is 24.2 Å². The standard InChI is InChI=1S/C4H9NO2/c1-3-5-4(6)2-7-3/h3-6H,2H2,1H3. The Morgan fingerprint density at radius 1 is 1.86 bits per heavy atom. The Morgan fingerprint density at radius 3 is 2.71 bits per heavy atom. The SMILES string of the molecule is CC1NC(O)CO1. The van der Waals surface area contributed by atoms with Crippen molar-refractivity contribution in [3.63, 3.8) is 0 Å². The second-order valence-corrected chi connectivity index (χ2v) is 1.66. The highest BCUT2D eigenvalue weighted by atomic mass is 16.5. The molecule has 0 aromatic carbocycles. The van der Waals surface area contributed by atoms with Crippen LogP contribution in [0.25, 0.3) is 0 Å². The fourth-order valence-electron chi connectivity index (χ4n) is 0.603. The maximum absolute atomic E-state index is 8.66. The van der Waals surface area contributed by atoms with Crippen LogP contribution >= 0.6 is 0 Å². The molecule has 0 radical (unpaired) electrons. The van der Waals surface area contributed by atoms with Crippen LogP contribution in [-0.2, 0) is 4.74 Å². The van der Waals surface area contributed by atoms with E-state index in [0.29, 0.717) is 6.61 Å². The average molecular weight is 103 g/mol. The zero-order valence-electron chi connectivity index (χ0n) is 4.22. The summed E-state index contributed by atoms with van der Waals surface area (Å²) in [4.78, 5) is 0. The topological polar surface area (TPSA) is 41.5 Å². The van der Waals surface area contributed by atoms with E-state index in [1.165, 1.54) is 0 Å². The van der Waals surface area contributed by atoms with Crippen LogP contribution in [0.3, 0.4) is 0 Å². The highest BCUT2D eigenvalue weighted by Crippen LogP contribution is 1.96. The van der Waals surface area contributed by atoms with E-state index in [1.807, 2.05) is 6.92 Å². The average Bonchev–Trinajstić information content (AvgIpc) is 1.87. The minimum absolute atomic E-state index is 0.0231. The van der Waals surface area contributed by atoms with E-state index >= 15 is 0 Å². The molecule has 1 fully saturated rings. The van der Waals surface area contributed by atoms with Crippen molar-refractivity contribution in [3.05, 3.63) is 0 Å². The van der Waals surface area contributed by atoms with Gasteiger partial charge >= 0.3 is 0 Å². The second kappa shape index (κ2) is 1.78. The number of rotatable bonds is 0. The van der Waals surface area contributed by atoms with Crippen molar-refractivity contribution in [3.8, 4) is 0 Å². The van der Waals surface area contributed by atoms with Crippen LogP contribution in [0.15, 0.2) is 0 Å². The number of ether oxygens (including phenoxy) is 1. The molecule has 1 rings (SSSR count). The van der Waals surface area contributed by atoms with Crippen LogP contribution in [0, 0.1) is 0 Å². The Morgan fingerprint density at radius 2 is 2.57 bits per heavy atom. The molecule has 0 bridgehead atoms. The normalized spacial score (nSPS) is 42.0. The van der Waals surface area contributed by atoms with Gasteiger partial charge in [-0.3, -0.25) is 5.32 Å². The Hall–Kier alpha value is -0.120. The number of aliphatic hydroxyl groups excluding tert-OH is 1. The Balaban J connectivity index is 2.26. The smallest absolute Gasteiger partial charge is 0.130 e. The predicted molar refractivity (Wildman–Crippen MR) is 24.6 cm³/mol. The fraction of sp³-hybridized carbons (Fsp3) is 1.00. The summed E-state index contributed by atoms with van der Waals surface area (Å²) in [6, 6.07) is 0. The first-order valence-corrected chi connectivity index (χ1v) is 2.35. The summed E-state index contributed by atoms with van der Waals surface area (Å²) >= 11 is 0. The highest BCUT2D eigenvalue weighted by Gasteiger charge is 2.16. The van der Waals surface area contributed by atoms with Gasteiger partial charge in [-0.1, -0.05) is 0 Å². The highest BCUT2D eigenvalue weighted by molar-refractivity contribution is 4.60. The molecule has 0 aliphatic carbocycles. The van der Waals surface area contributed by atoms with Gasteiger partial charge in [0.15, 0.2) is 0 Å². The van der Waals surface area contributed by atoms with Gasteiger partial charge in [0, 0.05) is 0 Å². The van der Waals surface area contributed by atoms with Crippen molar-refractivity contribution in [2.24, 2.45) is 0 Å². The van der Waals surface area contributed by atoms with Crippen molar-refractivity contribution in [1.29, 1.82) is 0 Å². The van der Waals surface area contributed by atoms with Gasteiger partial charge in [0.25, 0.3) is 0 Å². The Bertz CT molecular complexity index is 58.7. The molecule has 0 aromatic rings. The van der Waals surface area contributed by atoms with Gasteiger partial charge in [0.2, 0.25) is 0 Å². The van der Waals surface area contributed by atoms with E-state index in [0.717, 1.165) is 0 Å². The lowest BCUT2D eigenvalue weighted by atomic mass is 10.6. The Kier molecular flexibility index (Phi) is 1.27. The molecule has 2 unspecified atom stereocenters. The maximum Gasteiger partial charge on any atom is 0.130 e. The summed E-state index contributed by atoms with van der Waals surface area (Å²) in [7, 11) is 0. The molecule has 0 spiro atoms. The summed E-state index contributed by atoms with van der Waals surface area (Å²) in [5.41, 5.74) is 0. The molecule has 42 valence electrons. The van der Waals surface area contributed by atoms with Crippen molar-refractivity contribution >= 4 is 0 Å². The molecule has 1 aliphatic heterocycles. The van der Waals surface area contributed by atoms with E-state index in [9.17, 15) is 0 Å². The van der Waals surface area contributed by atoms with Crippen molar-refractivity contribution in [2.75, 3.05) is 6.61 Å². The third-order valence-electron chi connectivity index (χ3n) is 0.931. The van der Waals surface area contributed by atoms with Gasteiger partial charge < -0.3 is 9.84 Å². The molecule has 1 saturated heterocycles. The molecule has 7 heavy (non-hydrogen) atoms. The van der Waals surface area contributed by atoms with Crippen molar-refractivity contribution in [1.82, 2.24) is 5.32 Å². The van der Waals surface area contributed by atoms with Gasteiger partial charge in [-0.05, 0) is 6.92 Å². The van der Waals surface area contributed by atoms with E-state index in [4.69, 9.17) is 9.84 Å². The lowest BCUT2D eigenvalue weighted by Gasteiger charge is -1.98. The molecule has 2 atom stereocenters. The second-order valence-electron chi connectivity index (χ2n) is 1.66. The molecular weight excluding hydrogens is 94.0 g/mol. The summed E-state index contributed by atoms with van der Waals surface area (Å²) in [6.07, 6.45) is -0.426. The molecular formula is C4H9NO2.